The standard InChI is InChI=1S/C31H55NO4/c1-7-9-10-11-12-13-14-15-16-17-18-19-20-21-27(33)31(8-2,28(34)36-6)32-26-23-24-22-25(29(24,3)4)30(26,5)35/h20-21,24-25,27,33,35H,7-19,22-23H2,1-6H3/b21-20+,32-26?/t24-,25-,27+,30-,31-/m0/s1. The highest BCUT2D eigenvalue weighted by Crippen LogP contribution is 2.62. The van der Waals surface area contributed by atoms with Crippen molar-refractivity contribution in [3.63, 3.8) is 0 Å². The van der Waals surface area contributed by atoms with Gasteiger partial charge in [0.2, 0.25) is 0 Å². The van der Waals surface area contributed by atoms with E-state index >= 15 is 0 Å². The van der Waals surface area contributed by atoms with E-state index in [1.54, 1.807) is 6.08 Å². The van der Waals surface area contributed by atoms with E-state index < -0.39 is 23.2 Å². The number of rotatable bonds is 17. The fourth-order valence-corrected chi connectivity index (χ4v) is 6.51. The van der Waals surface area contributed by atoms with Gasteiger partial charge < -0.3 is 14.9 Å². The minimum Gasteiger partial charge on any atom is -0.467 e. The van der Waals surface area contributed by atoms with Gasteiger partial charge in [0.1, 0.15) is 11.7 Å². The van der Waals surface area contributed by atoms with Crippen LogP contribution in [0, 0.1) is 17.3 Å². The Hall–Kier alpha value is -1.20. The van der Waals surface area contributed by atoms with Crippen LogP contribution < -0.4 is 0 Å². The first-order chi connectivity index (χ1) is 17.1. The summed E-state index contributed by atoms with van der Waals surface area (Å²) in [6.07, 6.45) is 19.8. The number of carbonyl (C=O) groups is 1. The number of methoxy groups -OCH3 is 1. The van der Waals surface area contributed by atoms with E-state index in [0.717, 1.165) is 19.3 Å². The minimum absolute atomic E-state index is 0.0653. The molecule has 0 radical (unpaired) electrons. The summed E-state index contributed by atoms with van der Waals surface area (Å²) in [5.74, 6) is 0.0181. The van der Waals surface area contributed by atoms with Gasteiger partial charge in [-0.05, 0) is 56.3 Å². The van der Waals surface area contributed by atoms with Crippen LogP contribution in [0.3, 0.4) is 0 Å². The molecule has 0 aromatic carbocycles. The number of hydrogen-bond donors (Lipinski definition) is 2. The van der Waals surface area contributed by atoms with Crippen LogP contribution in [0.5, 0.6) is 0 Å². The maximum atomic E-state index is 12.9. The molecule has 0 saturated heterocycles. The average molecular weight is 506 g/mol. The number of ether oxygens (including phenoxy) is 1. The highest BCUT2D eigenvalue weighted by Gasteiger charge is 2.62. The van der Waals surface area contributed by atoms with Gasteiger partial charge in [0.05, 0.1) is 7.11 Å². The first-order valence-corrected chi connectivity index (χ1v) is 14.8. The molecule has 0 aromatic rings. The van der Waals surface area contributed by atoms with Crippen molar-refractivity contribution in [3.8, 4) is 0 Å². The van der Waals surface area contributed by atoms with Crippen LogP contribution >= 0.6 is 0 Å². The topological polar surface area (TPSA) is 79.1 Å². The van der Waals surface area contributed by atoms with E-state index in [0.29, 0.717) is 24.5 Å². The van der Waals surface area contributed by atoms with Crippen molar-refractivity contribution in [1.29, 1.82) is 0 Å². The third-order valence-electron chi connectivity index (χ3n) is 9.37. The molecule has 0 unspecified atom stereocenters. The molecule has 3 fully saturated rings. The predicted molar refractivity (Wildman–Crippen MR) is 149 cm³/mol. The summed E-state index contributed by atoms with van der Waals surface area (Å²) in [5, 5.41) is 22.5. The lowest BCUT2D eigenvalue weighted by atomic mass is 9.44. The molecular formula is C31H55NO4. The van der Waals surface area contributed by atoms with E-state index in [1.807, 2.05) is 19.9 Å². The van der Waals surface area contributed by atoms with Crippen molar-refractivity contribution in [2.45, 2.75) is 148 Å². The van der Waals surface area contributed by atoms with Gasteiger partial charge >= 0.3 is 5.97 Å². The molecule has 3 rings (SSSR count). The third-order valence-corrected chi connectivity index (χ3v) is 9.37. The first kappa shape index (κ1) is 31.0. The zero-order valence-corrected chi connectivity index (χ0v) is 24.2. The van der Waals surface area contributed by atoms with Crippen molar-refractivity contribution in [2.24, 2.45) is 22.2 Å². The molecule has 0 spiro atoms. The van der Waals surface area contributed by atoms with Crippen LogP contribution in [0.15, 0.2) is 17.1 Å². The molecule has 0 aliphatic heterocycles. The van der Waals surface area contributed by atoms with E-state index in [-0.39, 0.29) is 11.3 Å². The number of unbranched alkanes of at least 4 members (excludes halogenated alkanes) is 11. The quantitative estimate of drug-likeness (QED) is 0.125. The number of allylic oxidation sites excluding steroid dienone is 1. The Kier molecular flexibility index (Phi) is 12.1. The van der Waals surface area contributed by atoms with Crippen LogP contribution in [0.2, 0.25) is 0 Å². The maximum Gasteiger partial charge on any atom is 0.336 e. The Bertz CT molecular complexity index is 741. The zero-order chi connectivity index (χ0) is 26.8. The van der Waals surface area contributed by atoms with Crippen molar-refractivity contribution in [2.75, 3.05) is 7.11 Å². The Morgan fingerprint density at radius 1 is 1.06 bits per heavy atom. The van der Waals surface area contributed by atoms with E-state index in [2.05, 4.69) is 20.8 Å². The van der Waals surface area contributed by atoms with E-state index in [1.165, 1.54) is 71.3 Å². The van der Waals surface area contributed by atoms with Crippen molar-refractivity contribution in [3.05, 3.63) is 12.2 Å². The molecule has 3 aliphatic carbocycles. The van der Waals surface area contributed by atoms with Gasteiger partial charge in [0.15, 0.2) is 5.54 Å². The van der Waals surface area contributed by atoms with Gasteiger partial charge in [0.25, 0.3) is 0 Å². The van der Waals surface area contributed by atoms with Gasteiger partial charge in [-0.1, -0.05) is 104 Å². The molecule has 0 amide bonds. The molecule has 5 heteroatoms. The molecule has 3 aliphatic rings. The Balaban J connectivity index is 1.88. The Labute approximate surface area is 221 Å². The molecule has 5 nitrogen and oxygen atoms in total. The summed E-state index contributed by atoms with van der Waals surface area (Å²) in [6.45, 7) is 10.3. The van der Waals surface area contributed by atoms with E-state index in [9.17, 15) is 15.0 Å². The molecule has 0 aromatic heterocycles. The highest BCUT2D eigenvalue weighted by molar-refractivity contribution is 5.97. The SMILES string of the molecule is CCCCCCCCCCCCC/C=C/[C@@H](O)[C@](CC)(N=C1C[C@@H]2C[C@@H](C2(C)C)[C@]1(C)O)C(=O)OC. The summed E-state index contributed by atoms with van der Waals surface area (Å²) in [5.41, 5.74) is -1.80. The van der Waals surface area contributed by atoms with Gasteiger partial charge in [-0.3, -0.25) is 4.99 Å². The number of carbonyl (C=O) groups excluding carboxylic acids is 1. The van der Waals surface area contributed by atoms with Crippen molar-refractivity contribution in [1.82, 2.24) is 0 Å². The summed E-state index contributed by atoms with van der Waals surface area (Å²) in [7, 11) is 1.34. The Morgan fingerprint density at radius 2 is 1.61 bits per heavy atom. The molecule has 208 valence electrons. The maximum absolute atomic E-state index is 12.9. The molecule has 2 N–H and O–H groups in total. The molecule has 2 bridgehead atoms. The average Bonchev–Trinajstić information content (AvgIpc) is 2.84. The number of esters is 1. The number of aliphatic imine (C=N–C) groups is 1. The van der Waals surface area contributed by atoms with Gasteiger partial charge in [0, 0.05) is 5.71 Å². The molecule has 3 saturated carbocycles. The first-order valence-electron chi connectivity index (χ1n) is 14.8. The van der Waals surface area contributed by atoms with Crippen LogP contribution in [-0.4, -0.2) is 46.2 Å². The lowest BCUT2D eigenvalue weighted by Gasteiger charge is -2.63. The summed E-state index contributed by atoms with van der Waals surface area (Å²) in [4.78, 5) is 17.8. The van der Waals surface area contributed by atoms with Gasteiger partial charge in [-0.2, -0.15) is 0 Å². The van der Waals surface area contributed by atoms with E-state index in [4.69, 9.17) is 9.73 Å². The second-order valence-corrected chi connectivity index (χ2v) is 12.2. The second-order valence-electron chi connectivity index (χ2n) is 12.2. The number of hydrogen-bond acceptors (Lipinski definition) is 5. The van der Waals surface area contributed by atoms with Crippen molar-refractivity contribution >= 4 is 11.7 Å². The summed E-state index contributed by atoms with van der Waals surface area (Å²) < 4.78 is 5.11. The predicted octanol–water partition coefficient (Wildman–Crippen LogP) is 7.18. The number of fused-ring (bicyclic) bond motifs is 2. The fraction of sp³-hybridized carbons (Fsp3) is 0.871. The molecule has 5 atom stereocenters. The fourth-order valence-electron chi connectivity index (χ4n) is 6.51. The molecule has 0 heterocycles. The van der Waals surface area contributed by atoms with Crippen LogP contribution in [-0.2, 0) is 9.53 Å². The van der Waals surface area contributed by atoms with Gasteiger partial charge in [-0.15, -0.1) is 0 Å². The highest BCUT2D eigenvalue weighted by atomic mass is 16.5. The van der Waals surface area contributed by atoms with Crippen LogP contribution in [0.4, 0.5) is 0 Å². The molecular weight excluding hydrogens is 450 g/mol. The van der Waals surface area contributed by atoms with Gasteiger partial charge in [-0.25, -0.2) is 4.79 Å². The number of aliphatic hydroxyl groups is 2. The summed E-state index contributed by atoms with van der Waals surface area (Å²) in [6, 6.07) is 0. The minimum atomic E-state index is -1.42. The Morgan fingerprint density at radius 3 is 2.08 bits per heavy atom. The zero-order valence-electron chi connectivity index (χ0n) is 24.2. The summed E-state index contributed by atoms with van der Waals surface area (Å²) >= 11 is 0. The normalized spacial score (nSPS) is 28.6. The molecule has 36 heavy (non-hydrogen) atoms. The number of nitrogens with zero attached hydrogens (tertiary/aromatic N) is 1. The second kappa shape index (κ2) is 14.1. The van der Waals surface area contributed by atoms with Crippen molar-refractivity contribution < 1.29 is 19.7 Å². The smallest absolute Gasteiger partial charge is 0.336 e. The largest absolute Gasteiger partial charge is 0.467 e. The monoisotopic (exact) mass is 505 g/mol. The lowest BCUT2D eigenvalue weighted by molar-refractivity contribution is -0.151. The lowest BCUT2D eigenvalue weighted by Crippen LogP contribution is -2.65. The van der Waals surface area contributed by atoms with Crippen LogP contribution in [0.25, 0.3) is 0 Å². The van der Waals surface area contributed by atoms with Crippen LogP contribution in [0.1, 0.15) is 131 Å². The number of aliphatic hydroxyl groups excluding tert-OH is 1. The third kappa shape index (κ3) is 7.22.